The lowest BCUT2D eigenvalue weighted by Crippen LogP contribution is -2.46. The van der Waals surface area contributed by atoms with Gasteiger partial charge < -0.3 is 29.4 Å². The number of para-hydroxylation sites is 1. The molecule has 9 nitrogen and oxygen atoms in total. The zero-order valence-corrected chi connectivity index (χ0v) is 16.7. The maximum atomic E-state index is 12.6. The first-order valence-electron chi connectivity index (χ1n) is 9.52. The van der Waals surface area contributed by atoms with E-state index in [1.165, 1.54) is 19.4 Å². The molecule has 0 aliphatic carbocycles. The van der Waals surface area contributed by atoms with Gasteiger partial charge in [-0.3, -0.25) is 4.79 Å². The molecule has 2 N–H and O–H groups in total. The minimum atomic E-state index is -1.07. The fourth-order valence-electron chi connectivity index (χ4n) is 2.97. The number of hydrogen-bond donors (Lipinski definition) is 2. The smallest absolute Gasteiger partial charge is 0.331 e. The quantitative estimate of drug-likeness (QED) is 0.708. The van der Waals surface area contributed by atoms with Crippen molar-refractivity contribution in [1.29, 1.82) is 0 Å². The molecular weight excluding hydrogens is 392 g/mol. The third kappa shape index (κ3) is 5.18. The van der Waals surface area contributed by atoms with E-state index in [0.717, 1.165) is 0 Å². The Morgan fingerprint density at radius 1 is 1.27 bits per heavy atom. The summed E-state index contributed by atoms with van der Waals surface area (Å²) in [5.41, 5.74) is -0.264. The predicted octanol–water partition coefficient (Wildman–Crippen LogP) is 1.69. The molecular formula is C21H24N2O7. The molecule has 0 radical (unpaired) electrons. The van der Waals surface area contributed by atoms with E-state index in [9.17, 15) is 14.7 Å². The lowest BCUT2D eigenvalue weighted by atomic mass is 10.1. The molecule has 0 bridgehead atoms. The number of aromatic hydroxyl groups is 1. The third-order valence-corrected chi connectivity index (χ3v) is 4.60. The summed E-state index contributed by atoms with van der Waals surface area (Å²) in [7, 11) is 1.36. The van der Waals surface area contributed by atoms with Gasteiger partial charge in [0.15, 0.2) is 23.2 Å². The fraction of sp³-hybridized carbons (Fsp3) is 0.381. The highest BCUT2D eigenvalue weighted by atomic mass is 16.6. The van der Waals surface area contributed by atoms with E-state index in [4.69, 9.17) is 18.9 Å². The third-order valence-electron chi connectivity index (χ3n) is 4.60. The van der Waals surface area contributed by atoms with Crippen LogP contribution >= 0.6 is 0 Å². The van der Waals surface area contributed by atoms with Crippen LogP contribution in [0, 0.1) is 0 Å². The van der Waals surface area contributed by atoms with E-state index in [1.54, 1.807) is 6.92 Å². The summed E-state index contributed by atoms with van der Waals surface area (Å²) in [4.78, 5) is 29.0. The van der Waals surface area contributed by atoms with Crippen molar-refractivity contribution >= 4 is 11.9 Å². The van der Waals surface area contributed by atoms with Gasteiger partial charge in [-0.05, 0) is 19.1 Å². The highest BCUT2D eigenvalue weighted by Crippen LogP contribution is 2.27. The van der Waals surface area contributed by atoms with Crippen molar-refractivity contribution in [2.75, 3.05) is 20.3 Å². The summed E-state index contributed by atoms with van der Waals surface area (Å²) >= 11 is 0. The number of methoxy groups -OCH3 is 1. The zero-order valence-electron chi connectivity index (χ0n) is 16.7. The lowest BCUT2D eigenvalue weighted by Gasteiger charge is -2.25. The van der Waals surface area contributed by atoms with Crippen LogP contribution in [0.3, 0.4) is 0 Å². The van der Waals surface area contributed by atoms with E-state index >= 15 is 0 Å². The predicted molar refractivity (Wildman–Crippen MR) is 106 cm³/mol. The molecule has 0 spiro atoms. The largest absolute Gasteiger partial charge is 0.503 e. The number of carbonyl (C=O) groups is 2. The molecule has 1 aromatic carbocycles. The number of ether oxygens (including phenoxy) is 4. The molecule has 1 aliphatic rings. The molecule has 1 aromatic heterocycles. The summed E-state index contributed by atoms with van der Waals surface area (Å²) in [6, 6.07) is 9.57. The van der Waals surface area contributed by atoms with Crippen LogP contribution < -0.4 is 14.8 Å². The van der Waals surface area contributed by atoms with Gasteiger partial charge in [0, 0.05) is 18.7 Å². The second kappa shape index (κ2) is 9.93. The monoisotopic (exact) mass is 416 g/mol. The number of benzene rings is 1. The maximum Gasteiger partial charge on any atom is 0.331 e. The van der Waals surface area contributed by atoms with Crippen LogP contribution in [-0.2, 0) is 14.3 Å². The fourth-order valence-corrected chi connectivity index (χ4v) is 2.97. The standard InChI is InChI=1S/C21H24N2O7/c1-13-16(30-14-6-4-3-5-7-14)9-11-28-12-15(21(26)29-13)23-20(25)18-19(24)17(27-2)8-10-22-18/h3-8,10,13,15-16,24H,9,11-12H2,1-2H3,(H,23,25)/t13-,15-,16+/m0/s1. The van der Waals surface area contributed by atoms with E-state index in [1.807, 2.05) is 30.3 Å². The van der Waals surface area contributed by atoms with E-state index in [-0.39, 0.29) is 18.1 Å². The summed E-state index contributed by atoms with van der Waals surface area (Å²) in [6.45, 7) is 1.96. The van der Waals surface area contributed by atoms with Crippen LogP contribution in [0.15, 0.2) is 42.6 Å². The Hall–Kier alpha value is -3.33. The summed E-state index contributed by atoms with van der Waals surface area (Å²) in [6.07, 6.45) is 0.846. The Balaban J connectivity index is 1.68. The van der Waals surface area contributed by atoms with Crippen molar-refractivity contribution in [1.82, 2.24) is 10.3 Å². The van der Waals surface area contributed by atoms with Crippen LogP contribution in [0.2, 0.25) is 0 Å². The molecule has 1 aliphatic heterocycles. The number of rotatable bonds is 5. The Morgan fingerprint density at radius 3 is 2.77 bits per heavy atom. The highest BCUT2D eigenvalue weighted by Gasteiger charge is 2.31. The van der Waals surface area contributed by atoms with Crippen molar-refractivity contribution in [2.24, 2.45) is 0 Å². The van der Waals surface area contributed by atoms with Crippen LogP contribution in [0.5, 0.6) is 17.2 Å². The van der Waals surface area contributed by atoms with Crippen molar-refractivity contribution in [3.05, 3.63) is 48.3 Å². The van der Waals surface area contributed by atoms with Crippen molar-refractivity contribution in [3.63, 3.8) is 0 Å². The van der Waals surface area contributed by atoms with Gasteiger partial charge in [-0.2, -0.15) is 0 Å². The Labute approximate surface area is 173 Å². The van der Waals surface area contributed by atoms with Gasteiger partial charge in [0.1, 0.15) is 18.0 Å². The summed E-state index contributed by atoms with van der Waals surface area (Å²) in [5.74, 6) is -1.07. The van der Waals surface area contributed by atoms with Crippen molar-refractivity contribution in [3.8, 4) is 17.2 Å². The molecule has 30 heavy (non-hydrogen) atoms. The normalized spacial score (nSPS) is 22.1. The number of pyridine rings is 1. The van der Waals surface area contributed by atoms with E-state index in [2.05, 4.69) is 10.3 Å². The van der Waals surface area contributed by atoms with Gasteiger partial charge >= 0.3 is 5.97 Å². The summed E-state index contributed by atoms with van der Waals surface area (Å²) < 4.78 is 22.0. The van der Waals surface area contributed by atoms with Gasteiger partial charge in [-0.15, -0.1) is 0 Å². The Morgan fingerprint density at radius 2 is 2.03 bits per heavy atom. The highest BCUT2D eigenvalue weighted by molar-refractivity contribution is 5.98. The van der Waals surface area contributed by atoms with Crippen LogP contribution in [0.25, 0.3) is 0 Å². The van der Waals surface area contributed by atoms with Crippen LogP contribution in [0.1, 0.15) is 23.8 Å². The average Bonchev–Trinajstić information content (AvgIpc) is 2.80. The molecule has 3 atom stereocenters. The van der Waals surface area contributed by atoms with E-state index in [0.29, 0.717) is 18.8 Å². The summed E-state index contributed by atoms with van der Waals surface area (Å²) in [5, 5.41) is 12.6. The molecule has 1 saturated heterocycles. The molecule has 9 heteroatoms. The average molecular weight is 416 g/mol. The van der Waals surface area contributed by atoms with Gasteiger partial charge in [0.2, 0.25) is 0 Å². The van der Waals surface area contributed by atoms with Gasteiger partial charge in [0.25, 0.3) is 5.91 Å². The minimum Gasteiger partial charge on any atom is -0.503 e. The number of cyclic esters (lactones) is 1. The molecule has 2 heterocycles. The molecule has 1 amide bonds. The van der Waals surface area contributed by atoms with Crippen molar-refractivity contribution in [2.45, 2.75) is 31.6 Å². The number of aromatic nitrogens is 1. The molecule has 160 valence electrons. The molecule has 2 aromatic rings. The molecule has 1 fully saturated rings. The van der Waals surface area contributed by atoms with Gasteiger partial charge in [-0.1, -0.05) is 18.2 Å². The Kier molecular flexibility index (Phi) is 7.08. The zero-order chi connectivity index (χ0) is 21.5. The SMILES string of the molecule is COc1ccnc(C(=O)N[C@H]2COCC[C@@H](Oc3ccccc3)[C@H](C)OC2=O)c1O. The van der Waals surface area contributed by atoms with Crippen molar-refractivity contribution < 1.29 is 33.6 Å². The number of amides is 1. The second-order valence-electron chi connectivity index (χ2n) is 6.71. The minimum absolute atomic E-state index is 0.0833. The topological polar surface area (TPSA) is 116 Å². The Bertz CT molecular complexity index is 875. The van der Waals surface area contributed by atoms with Gasteiger partial charge in [0.05, 0.1) is 20.3 Å². The lowest BCUT2D eigenvalue weighted by molar-refractivity contribution is -0.155. The molecule has 0 saturated carbocycles. The first-order chi connectivity index (χ1) is 14.5. The van der Waals surface area contributed by atoms with E-state index < -0.39 is 35.9 Å². The number of carbonyl (C=O) groups excluding carboxylic acids is 2. The van der Waals surface area contributed by atoms with Gasteiger partial charge in [-0.25, -0.2) is 9.78 Å². The molecule has 0 unspecified atom stereocenters. The number of nitrogens with one attached hydrogen (secondary N) is 1. The maximum absolute atomic E-state index is 12.6. The second-order valence-corrected chi connectivity index (χ2v) is 6.71. The first kappa shape index (κ1) is 21.4. The number of esters is 1. The van der Waals surface area contributed by atoms with Crippen LogP contribution in [-0.4, -0.2) is 60.5 Å². The number of nitrogens with zero attached hydrogens (tertiary/aromatic N) is 1. The first-order valence-corrected chi connectivity index (χ1v) is 9.52. The van der Waals surface area contributed by atoms with Crippen LogP contribution in [0.4, 0.5) is 0 Å². The molecule has 3 rings (SSSR count). The number of hydrogen-bond acceptors (Lipinski definition) is 8.